The number of nitrogens with zero attached hydrogens (tertiary/aromatic N) is 1. The molecule has 0 spiro atoms. The Labute approximate surface area is 175 Å². The number of hydrogen-bond donors (Lipinski definition) is 1. The van der Waals surface area contributed by atoms with Crippen LogP contribution in [0.25, 0.3) is 0 Å². The summed E-state index contributed by atoms with van der Waals surface area (Å²) in [4.78, 5) is 24.3. The van der Waals surface area contributed by atoms with Crippen LogP contribution in [0.4, 0.5) is 0 Å². The van der Waals surface area contributed by atoms with Gasteiger partial charge in [-0.3, -0.25) is 4.79 Å². The molecule has 0 atom stereocenters. The summed E-state index contributed by atoms with van der Waals surface area (Å²) in [6.07, 6.45) is 1.75. The molecule has 0 saturated heterocycles. The average Bonchev–Trinajstić information content (AvgIpc) is 2.77. The Morgan fingerprint density at radius 2 is 1.63 bits per heavy atom. The summed E-state index contributed by atoms with van der Waals surface area (Å²) in [5.41, 5.74) is 4.56. The number of carbonyl (C=O) groups is 2. The molecule has 3 rings (SSSR count). The first kappa shape index (κ1) is 20.8. The van der Waals surface area contributed by atoms with E-state index < -0.39 is 5.97 Å². The average molecular weight is 402 g/mol. The van der Waals surface area contributed by atoms with Crippen LogP contribution in [0.5, 0.6) is 11.5 Å². The summed E-state index contributed by atoms with van der Waals surface area (Å²) >= 11 is 0. The topological polar surface area (TPSA) is 77.0 Å². The highest BCUT2D eigenvalue weighted by molar-refractivity contribution is 5.91. The predicted molar refractivity (Wildman–Crippen MR) is 115 cm³/mol. The van der Waals surface area contributed by atoms with Gasteiger partial charge in [0.1, 0.15) is 0 Å². The highest BCUT2D eigenvalue weighted by atomic mass is 16.6. The van der Waals surface area contributed by atoms with Gasteiger partial charge in [0, 0.05) is 0 Å². The molecule has 0 aromatic heterocycles. The van der Waals surface area contributed by atoms with Crippen LogP contribution in [0.1, 0.15) is 28.4 Å². The molecule has 3 aromatic rings. The molecule has 6 heteroatoms. The maximum atomic E-state index is 12.3. The number of nitrogens with one attached hydrogen (secondary N) is 1. The molecule has 152 valence electrons. The SMILES string of the molecule is CCOc1cc(/C=N\NC(=O)Cc2ccccc2)ccc1OC(=O)c1ccccc1. The fourth-order valence-electron chi connectivity index (χ4n) is 2.69. The van der Waals surface area contributed by atoms with Gasteiger partial charge < -0.3 is 9.47 Å². The van der Waals surface area contributed by atoms with Crippen molar-refractivity contribution in [1.29, 1.82) is 0 Å². The summed E-state index contributed by atoms with van der Waals surface area (Å²) in [6, 6.07) is 23.2. The number of carbonyl (C=O) groups excluding carboxylic acids is 2. The molecule has 1 N–H and O–H groups in total. The van der Waals surface area contributed by atoms with Crippen LogP contribution in [0, 0.1) is 0 Å². The van der Waals surface area contributed by atoms with Gasteiger partial charge in [-0.1, -0.05) is 48.5 Å². The molecule has 0 heterocycles. The summed E-state index contributed by atoms with van der Waals surface area (Å²) in [6.45, 7) is 2.25. The van der Waals surface area contributed by atoms with Crippen molar-refractivity contribution < 1.29 is 19.1 Å². The summed E-state index contributed by atoms with van der Waals surface area (Å²) < 4.78 is 11.1. The van der Waals surface area contributed by atoms with Crippen LogP contribution < -0.4 is 14.9 Å². The van der Waals surface area contributed by atoms with E-state index in [-0.39, 0.29) is 12.3 Å². The lowest BCUT2D eigenvalue weighted by Crippen LogP contribution is -2.19. The third-order valence-electron chi connectivity index (χ3n) is 4.09. The van der Waals surface area contributed by atoms with Crippen LogP contribution in [-0.4, -0.2) is 24.7 Å². The van der Waals surface area contributed by atoms with Crippen molar-refractivity contribution >= 4 is 18.1 Å². The molecule has 0 aliphatic rings. The van der Waals surface area contributed by atoms with Crippen LogP contribution in [-0.2, 0) is 11.2 Å². The second-order valence-corrected chi connectivity index (χ2v) is 6.35. The monoisotopic (exact) mass is 402 g/mol. The number of esters is 1. The molecule has 0 bridgehead atoms. The van der Waals surface area contributed by atoms with Gasteiger partial charge >= 0.3 is 5.97 Å². The van der Waals surface area contributed by atoms with Gasteiger partial charge in [0.05, 0.1) is 24.8 Å². The Kier molecular flexibility index (Phi) is 7.33. The zero-order valence-corrected chi connectivity index (χ0v) is 16.6. The van der Waals surface area contributed by atoms with Crippen molar-refractivity contribution in [3.63, 3.8) is 0 Å². The third-order valence-corrected chi connectivity index (χ3v) is 4.09. The van der Waals surface area contributed by atoms with E-state index in [2.05, 4.69) is 10.5 Å². The molecule has 0 saturated carbocycles. The van der Waals surface area contributed by atoms with Crippen LogP contribution in [0.15, 0.2) is 84.0 Å². The van der Waals surface area contributed by atoms with Crippen molar-refractivity contribution in [3.05, 3.63) is 95.6 Å². The molecule has 0 radical (unpaired) electrons. The zero-order valence-electron chi connectivity index (χ0n) is 16.6. The smallest absolute Gasteiger partial charge is 0.343 e. The van der Waals surface area contributed by atoms with E-state index in [0.29, 0.717) is 29.2 Å². The quantitative estimate of drug-likeness (QED) is 0.267. The van der Waals surface area contributed by atoms with Crippen LogP contribution >= 0.6 is 0 Å². The lowest BCUT2D eigenvalue weighted by Gasteiger charge is -2.11. The van der Waals surface area contributed by atoms with Crippen molar-refractivity contribution in [1.82, 2.24) is 5.43 Å². The maximum absolute atomic E-state index is 12.3. The number of amides is 1. The van der Waals surface area contributed by atoms with Gasteiger partial charge in [-0.25, -0.2) is 10.2 Å². The van der Waals surface area contributed by atoms with Gasteiger partial charge in [-0.05, 0) is 48.4 Å². The number of hydrogen-bond acceptors (Lipinski definition) is 5. The molecule has 3 aromatic carbocycles. The van der Waals surface area contributed by atoms with Gasteiger partial charge in [0.2, 0.25) is 5.91 Å². The van der Waals surface area contributed by atoms with Crippen LogP contribution in [0.3, 0.4) is 0 Å². The number of rotatable bonds is 8. The Balaban J connectivity index is 1.64. The summed E-state index contributed by atoms with van der Waals surface area (Å²) in [7, 11) is 0. The van der Waals surface area contributed by atoms with Crippen molar-refractivity contribution in [2.75, 3.05) is 6.61 Å². The first-order valence-electron chi connectivity index (χ1n) is 9.55. The Hall–Kier alpha value is -3.93. The summed E-state index contributed by atoms with van der Waals surface area (Å²) in [5.74, 6) is 0.0550. The van der Waals surface area contributed by atoms with E-state index in [1.54, 1.807) is 42.5 Å². The highest BCUT2D eigenvalue weighted by Gasteiger charge is 2.13. The standard InChI is InChI=1S/C24H22N2O4/c1-2-29-22-15-19(17-25-26-23(27)16-18-9-5-3-6-10-18)13-14-21(22)30-24(28)20-11-7-4-8-12-20/h3-15,17H,2,16H2,1H3,(H,26,27)/b25-17-. The normalized spacial score (nSPS) is 10.6. The fraction of sp³-hybridized carbons (Fsp3) is 0.125. The molecule has 0 unspecified atom stereocenters. The number of ether oxygens (including phenoxy) is 2. The molecular weight excluding hydrogens is 380 g/mol. The molecule has 0 aliphatic heterocycles. The molecule has 6 nitrogen and oxygen atoms in total. The van der Waals surface area contributed by atoms with Gasteiger partial charge in [-0.15, -0.1) is 0 Å². The molecule has 0 aliphatic carbocycles. The third kappa shape index (κ3) is 6.04. The first-order valence-corrected chi connectivity index (χ1v) is 9.55. The molecule has 1 amide bonds. The zero-order chi connectivity index (χ0) is 21.2. The largest absolute Gasteiger partial charge is 0.490 e. The van der Waals surface area contributed by atoms with E-state index in [1.807, 2.05) is 43.3 Å². The lowest BCUT2D eigenvalue weighted by atomic mass is 10.1. The first-order chi connectivity index (χ1) is 14.7. The van der Waals surface area contributed by atoms with Crippen molar-refractivity contribution in [2.24, 2.45) is 5.10 Å². The highest BCUT2D eigenvalue weighted by Crippen LogP contribution is 2.28. The van der Waals surface area contributed by atoms with E-state index >= 15 is 0 Å². The fourth-order valence-corrected chi connectivity index (χ4v) is 2.69. The minimum absolute atomic E-state index is 0.212. The van der Waals surface area contributed by atoms with Gasteiger partial charge in [-0.2, -0.15) is 5.10 Å². The Bertz CT molecular complexity index is 1020. The lowest BCUT2D eigenvalue weighted by molar-refractivity contribution is -0.120. The second-order valence-electron chi connectivity index (χ2n) is 6.35. The molecule has 30 heavy (non-hydrogen) atoms. The molecular formula is C24H22N2O4. The van der Waals surface area contributed by atoms with E-state index in [9.17, 15) is 9.59 Å². The summed E-state index contributed by atoms with van der Waals surface area (Å²) in [5, 5.41) is 3.99. The minimum atomic E-state index is -0.467. The number of hydrazone groups is 1. The number of benzene rings is 3. The van der Waals surface area contributed by atoms with Crippen LogP contribution in [0.2, 0.25) is 0 Å². The van der Waals surface area contributed by atoms with E-state index in [4.69, 9.17) is 9.47 Å². The molecule has 0 fully saturated rings. The van der Waals surface area contributed by atoms with E-state index in [1.165, 1.54) is 6.21 Å². The van der Waals surface area contributed by atoms with Gasteiger partial charge in [0.25, 0.3) is 0 Å². The second kappa shape index (κ2) is 10.6. The van der Waals surface area contributed by atoms with Crippen molar-refractivity contribution in [2.45, 2.75) is 13.3 Å². The predicted octanol–water partition coefficient (Wildman–Crippen LogP) is 4.00. The maximum Gasteiger partial charge on any atom is 0.343 e. The van der Waals surface area contributed by atoms with Crippen molar-refractivity contribution in [3.8, 4) is 11.5 Å². The Morgan fingerprint density at radius 1 is 0.933 bits per heavy atom. The van der Waals surface area contributed by atoms with Gasteiger partial charge in [0.15, 0.2) is 11.5 Å². The minimum Gasteiger partial charge on any atom is -0.490 e. The van der Waals surface area contributed by atoms with E-state index in [0.717, 1.165) is 5.56 Å². The Morgan fingerprint density at radius 3 is 2.33 bits per heavy atom.